The Morgan fingerprint density at radius 2 is 1.36 bits per heavy atom. The minimum absolute atomic E-state index is 0.153. The molecule has 1 N–H and O–H groups in total. The standard InChI is InChI=1S/C30H48O3/c1-19-20(31)8-9-21-27(19,4)11-10-22-28(21,5)15-17-30(7)23-18-26(3,24(32)33)13-12-25(23,2)14-16-29(22,30)6/h19,21-23H,8-18H2,1-7H3,(H,32,33)/t19-,21?,22?,23?,25+,26+,27+,28-,29+,30-/m0/s1. The molecule has 0 radical (unpaired) electrons. The molecule has 0 spiro atoms. The maximum atomic E-state index is 12.7. The zero-order chi connectivity index (χ0) is 24.2. The molecule has 33 heavy (non-hydrogen) atoms. The van der Waals surface area contributed by atoms with Gasteiger partial charge >= 0.3 is 5.97 Å². The summed E-state index contributed by atoms with van der Waals surface area (Å²) in [6.45, 7) is 16.9. The van der Waals surface area contributed by atoms with Crippen LogP contribution in [-0.2, 0) is 9.59 Å². The number of hydrogen-bond acceptors (Lipinski definition) is 2. The first-order valence-electron chi connectivity index (χ1n) is 13.9. The van der Waals surface area contributed by atoms with Crippen molar-refractivity contribution in [3.8, 4) is 0 Å². The molecule has 0 saturated heterocycles. The van der Waals surface area contributed by atoms with Crippen LogP contribution in [0.1, 0.15) is 119 Å². The van der Waals surface area contributed by atoms with Gasteiger partial charge in [-0.1, -0.05) is 41.5 Å². The highest BCUT2D eigenvalue weighted by molar-refractivity contribution is 5.82. The minimum Gasteiger partial charge on any atom is -0.481 e. The monoisotopic (exact) mass is 456 g/mol. The molecule has 5 saturated carbocycles. The summed E-state index contributed by atoms with van der Waals surface area (Å²) in [7, 11) is 0. The molecule has 0 bridgehead atoms. The highest BCUT2D eigenvalue weighted by Crippen LogP contribution is 2.78. The zero-order valence-electron chi connectivity index (χ0n) is 22.4. The number of aliphatic carboxylic acids is 1. The first kappa shape index (κ1) is 23.9. The van der Waals surface area contributed by atoms with Gasteiger partial charge in [0.15, 0.2) is 0 Å². The van der Waals surface area contributed by atoms with Crippen LogP contribution in [0.3, 0.4) is 0 Å². The second kappa shape index (κ2) is 6.88. The number of Topliss-reactive ketones (excluding diaryl/α,β-unsaturated/α-hetero) is 1. The van der Waals surface area contributed by atoms with E-state index in [4.69, 9.17) is 0 Å². The fourth-order valence-electron chi connectivity index (χ4n) is 11.2. The third-order valence-corrected chi connectivity index (χ3v) is 14.0. The summed E-state index contributed by atoms with van der Waals surface area (Å²) in [6, 6.07) is 0. The third kappa shape index (κ3) is 2.80. The van der Waals surface area contributed by atoms with Crippen molar-refractivity contribution in [3.63, 3.8) is 0 Å². The van der Waals surface area contributed by atoms with E-state index in [2.05, 4.69) is 41.5 Å². The molecule has 0 aromatic rings. The smallest absolute Gasteiger partial charge is 0.309 e. The van der Waals surface area contributed by atoms with E-state index in [0.29, 0.717) is 29.0 Å². The Hall–Kier alpha value is -0.860. The summed E-state index contributed by atoms with van der Waals surface area (Å²) < 4.78 is 0. The van der Waals surface area contributed by atoms with Crippen molar-refractivity contribution in [2.24, 2.45) is 56.2 Å². The lowest BCUT2D eigenvalue weighted by atomic mass is 9.30. The topological polar surface area (TPSA) is 54.4 Å². The molecule has 5 fully saturated rings. The number of carboxylic acid groups (broad SMARTS) is 1. The predicted molar refractivity (Wildman–Crippen MR) is 132 cm³/mol. The van der Waals surface area contributed by atoms with Gasteiger partial charge < -0.3 is 5.11 Å². The van der Waals surface area contributed by atoms with Gasteiger partial charge in [-0.15, -0.1) is 0 Å². The number of hydrogen-bond donors (Lipinski definition) is 1. The quantitative estimate of drug-likeness (QED) is 0.444. The fourth-order valence-corrected chi connectivity index (χ4v) is 11.2. The summed E-state index contributed by atoms with van der Waals surface area (Å²) in [4.78, 5) is 25.0. The lowest BCUT2D eigenvalue weighted by Crippen LogP contribution is -2.68. The van der Waals surface area contributed by atoms with Gasteiger partial charge in [0.1, 0.15) is 5.78 Å². The fraction of sp³-hybridized carbons (Fsp3) is 0.933. The van der Waals surface area contributed by atoms with Gasteiger partial charge in [-0.2, -0.15) is 0 Å². The molecule has 186 valence electrons. The molecule has 5 aliphatic rings. The maximum Gasteiger partial charge on any atom is 0.309 e. The van der Waals surface area contributed by atoms with E-state index in [-0.39, 0.29) is 27.6 Å². The summed E-state index contributed by atoms with van der Waals surface area (Å²) >= 11 is 0. The van der Waals surface area contributed by atoms with E-state index >= 15 is 0 Å². The van der Waals surface area contributed by atoms with E-state index in [1.54, 1.807) is 0 Å². The van der Waals surface area contributed by atoms with Gasteiger partial charge in [-0.05, 0) is 116 Å². The predicted octanol–water partition coefficient (Wildman–Crippen LogP) is 7.52. The summed E-state index contributed by atoms with van der Waals surface area (Å²) in [6.07, 6.45) is 12.0. The Balaban J connectivity index is 1.54. The second-order valence-electron chi connectivity index (χ2n) is 15.0. The Kier molecular flexibility index (Phi) is 4.97. The van der Waals surface area contributed by atoms with Crippen LogP contribution in [-0.4, -0.2) is 16.9 Å². The van der Waals surface area contributed by atoms with Crippen molar-refractivity contribution in [2.75, 3.05) is 0 Å². The molecule has 0 amide bonds. The largest absolute Gasteiger partial charge is 0.481 e. The molecule has 0 heterocycles. The summed E-state index contributed by atoms with van der Waals surface area (Å²) in [5.41, 5.74) is 0.621. The van der Waals surface area contributed by atoms with Crippen LogP contribution in [0.25, 0.3) is 0 Å². The highest BCUT2D eigenvalue weighted by atomic mass is 16.4. The Morgan fingerprint density at radius 1 is 0.758 bits per heavy atom. The second-order valence-corrected chi connectivity index (χ2v) is 15.0. The summed E-state index contributed by atoms with van der Waals surface area (Å²) in [5.74, 6) is 1.91. The first-order chi connectivity index (χ1) is 15.2. The van der Waals surface area contributed by atoms with Crippen LogP contribution in [0.15, 0.2) is 0 Å². The lowest BCUT2D eigenvalue weighted by Gasteiger charge is -2.74. The van der Waals surface area contributed by atoms with E-state index in [0.717, 1.165) is 32.1 Å². The van der Waals surface area contributed by atoms with Crippen molar-refractivity contribution >= 4 is 11.8 Å². The molecule has 0 aromatic carbocycles. The minimum atomic E-state index is -0.588. The number of carboxylic acids is 1. The molecule has 0 aromatic heterocycles. The number of carbonyl (C=O) groups is 2. The molecular weight excluding hydrogens is 408 g/mol. The lowest BCUT2D eigenvalue weighted by molar-refractivity contribution is -0.257. The number of carbonyl (C=O) groups excluding carboxylic acids is 1. The Morgan fingerprint density at radius 3 is 2.03 bits per heavy atom. The van der Waals surface area contributed by atoms with Crippen molar-refractivity contribution in [1.29, 1.82) is 0 Å². The number of fused-ring (bicyclic) bond motifs is 7. The normalized spacial score (nSPS) is 58.5. The van der Waals surface area contributed by atoms with Crippen LogP contribution in [0.2, 0.25) is 0 Å². The Labute approximate surface area is 201 Å². The van der Waals surface area contributed by atoms with Crippen LogP contribution < -0.4 is 0 Å². The van der Waals surface area contributed by atoms with Gasteiger partial charge in [0, 0.05) is 12.3 Å². The first-order valence-corrected chi connectivity index (χ1v) is 13.9. The van der Waals surface area contributed by atoms with Crippen LogP contribution in [0.4, 0.5) is 0 Å². The van der Waals surface area contributed by atoms with Crippen LogP contribution >= 0.6 is 0 Å². The average molecular weight is 457 g/mol. The van der Waals surface area contributed by atoms with Crippen LogP contribution in [0.5, 0.6) is 0 Å². The Bertz CT molecular complexity index is 880. The van der Waals surface area contributed by atoms with E-state index < -0.39 is 11.4 Å². The summed E-state index contributed by atoms with van der Waals surface area (Å²) in [5, 5.41) is 10.1. The molecule has 5 rings (SSSR count). The van der Waals surface area contributed by atoms with Gasteiger partial charge in [-0.3, -0.25) is 9.59 Å². The van der Waals surface area contributed by atoms with E-state index in [1.165, 1.54) is 38.5 Å². The van der Waals surface area contributed by atoms with E-state index in [1.807, 2.05) is 6.92 Å². The van der Waals surface area contributed by atoms with Crippen molar-refractivity contribution in [3.05, 3.63) is 0 Å². The van der Waals surface area contributed by atoms with Gasteiger partial charge in [0.2, 0.25) is 0 Å². The highest BCUT2D eigenvalue weighted by Gasteiger charge is 2.71. The SMILES string of the molecule is C[C@H]1C(=O)CCC2[C@]3(C)CC[C@@]4(C)C5C[C@](C)(C(=O)O)CC[C@]5(C)CC[C@]4(C)C3CC[C@@]21C. The molecule has 10 atom stereocenters. The molecule has 5 aliphatic carbocycles. The van der Waals surface area contributed by atoms with E-state index in [9.17, 15) is 14.7 Å². The molecule has 3 nitrogen and oxygen atoms in total. The van der Waals surface area contributed by atoms with Crippen LogP contribution in [0, 0.1) is 56.2 Å². The number of rotatable bonds is 1. The number of ketones is 1. The van der Waals surface area contributed by atoms with Crippen molar-refractivity contribution in [2.45, 2.75) is 119 Å². The molecule has 3 unspecified atom stereocenters. The zero-order valence-corrected chi connectivity index (χ0v) is 22.4. The van der Waals surface area contributed by atoms with Crippen molar-refractivity contribution in [1.82, 2.24) is 0 Å². The van der Waals surface area contributed by atoms with Gasteiger partial charge in [0.05, 0.1) is 5.41 Å². The van der Waals surface area contributed by atoms with Gasteiger partial charge in [-0.25, -0.2) is 0 Å². The molecule has 3 heteroatoms. The third-order valence-electron chi connectivity index (χ3n) is 14.0. The molecular formula is C30H48O3. The average Bonchev–Trinajstić information content (AvgIpc) is 2.74. The molecule has 0 aliphatic heterocycles. The van der Waals surface area contributed by atoms with Gasteiger partial charge in [0.25, 0.3) is 0 Å². The maximum absolute atomic E-state index is 12.7. The van der Waals surface area contributed by atoms with Crippen molar-refractivity contribution < 1.29 is 14.7 Å².